The highest BCUT2D eigenvalue weighted by Crippen LogP contribution is 2.21. The molecule has 0 aliphatic carbocycles. The van der Waals surface area contributed by atoms with Gasteiger partial charge in [0.15, 0.2) is 0 Å². The number of hydrogen-bond acceptors (Lipinski definition) is 4. The van der Waals surface area contributed by atoms with Gasteiger partial charge in [0.2, 0.25) is 10.0 Å². The highest BCUT2D eigenvalue weighted by molar-refractivity contribution is 7.89. The van der Waals surface area contributed by atoms with Gasteiger partial charge in [-0.05, 0) is 23.8 Å². The van der Waals surface area contributed by atoms with Gasteiger partial charge in [-0.2, -0.15) is 4.31 Å². The molecule has 1 heterocycles. The van der Waals surface area contributed by atoms with Crippen LogP contribution in [0.25, 0.3) is 10.9 Å². The number of aromatic nitrogens is 2. The summed E-state index contributed by atoms with van der Waals surface area (Å²) in [6, 6.07) is 13.6. The molecule has 3 aromatic rings. The summed E-state index contributed by atoms with van der Waals surface area (Å²) in [5.41, 5.74) is 0.300. The number of hydrogen-bond donors (Lipinski definition) is 0. The van der Waals surface area contributed by atoms with E-state index in [4.69, 9.17) is 0 Å². The van der Waals surface area contributed by atoms with Gasteiger partial charge >= 0.3 is 5.69 Å². The molecular formula is C19H21N3O4S. The van der Waals surface area contributed by atoms with E-state index in [-0.39, 0.29) is 16.8 Å². The van der Waals surface area contributed by atoms with E-state index in [9.17, 15) is 18.0 Å². The topological polar surface area (TPSA) is 81.4 Å². The molecule has 0 radical (unpaired) electrons. The van der Waals surface area contributed by atoms with Crippen LogP contribution in [0.1, 0.15) is 12.5 Å². The van der Waals surface area contributed by atoms with Crippen molar-refractivity contribution in [1.82, 2.24) is 13.4 Å². The Balaban J connectivity index is 2.12. The van der Waals surface area contributed by atoms with Crippen LogP contribution in [-0.2, 0) is 30.7 Å². The van der Waals surface area contributed by atoms with Crippen molar-refractivity contribution in [3.63, 3.8) is 0 Å². The lowest BCUT2D eigenvalue weighted by Crippen LogP contribution is -2.37. The van der Waals surface area contributed by atoms with Crippen LogP contribution in [0.3, 0.4) is 0 Å². The summed E-state index contributed by atoms with van der Waals surface area (Å²) in [6.07, 6.45) is 0. The van der Waals surface area contributed by atoms with Crippen LogP contribution in [-0.4, -0.2) is 28.4 Å². The van der Waals surface area contributed by atoms with Crippen LogP contribution in [0.2, 0.25) is 0 Å². The second kappa shape index (κ2) is 7.13. The molecule has 7 nitrogen and oxygen atoms in total. The van der Waals surface area contributed by atoms with Crippen molar-refractivity contribution in [1.29, 1.82) is 0 Å². The van der Waals surface area contributed by atoms with Crippen molar-refractivity contribution in [2.75, 3.05) is 6.54 Å². The zero-order chi connectivity index (χ0) is 19.8. The van der Waals surface area contributed by atoms with E-state index >= 15 is 0 Å². The molecule has 0 fully saturated rings. The highest BCUT2D eigenvalue weighted by Gasteiger charge is 2.24. The molecule has 0 aliphatic heterocycles. The van der Waals surface area contributed by atoms with Gasteiger partial charge in [-0.15, -0.1) is 0 Å². The van der Waals surface area contributed by atoms with E-state index in [1.165, 1.54) is 34.1 Å². The first-order chi connectivity index (χ1) is 12.8. The maximum absolute atomic E-state index is 13.1. The highest BCUT2D eigenvalue weighted by atomic mass is 32.2. The molecule has 27 heavy (non-hydrogen) atoms. The molecule has 0 saturated heterocycles. The Morgan fingerprint density at radius 2 is 1.63 bits per heavy atom. The molecular weight excluding hydrogens is 366 g/mol. The summed E-state index contributed by atoms with van der Waals surface area (Å²) >= 11 is 0. The lowest BCUT2D eigenvalue weighted by Gasteiger charge is -2.21. The van der Waals surface area contributed by atoms with Crippen molar-refractivity contribution in [3.8, 4) is 0 Å². The van der Waals surface area contributed by atoms with E-state index in [1.54, 1.807) is 14.0 Å². The molecule has 3 rings (SSSR count). The minimum Gasteiger partial charge on any atom is -0.296 e. The molecule has 1 aromatic heterocycles. The third-order valence-electron chi connectivity index (χ3n) is 4.63. The minimum absolute atomic E-state index is 0.0310. The van der Waals surface area contributed by atoms with Crippen molar-refractivity contribution in [2.24, 2.45) is 14.1 Å². The maximum atomic E-state index is 13.1. The van der Waals surface area contributed by atoms with Gasteiger partial charge in [0.1, 0.15) is 0 Å². The van der Waals surface area contributed by atoms with Crippen LogP contribution in [0, 0.1) is 0 Å². The van der Waals surface area contributed by atoms with E-state index in [1.807, 2.05) is 30.3 Å². The lowest BCUT2D eigenvalue weighted by atomic mass is 10.2. The van der Waals surface area contributed by atoms with E-state index in [2.05, 4.69) is 0 Å². The Labute approximate surface area is 157 Å². The number of fused-ring (bicyclic) bond motifs is 1. The molecule has 0 N–H and O–H groups in total. The summed E-state index contributed by atoms with van der Waals surface area (Å²) in [7, 11) is -0.874. The average Bonchev–Trinajstić information content (AvgIpc) is 2.69. The summed E-state index contributed by atoms with van der Waals surface area (Å²) in [5, 5.41) is 0.191. The fourth-order valence-electron chi connectivity index (χ4n) is 3.04. The van der Waals surface area contributed by atoms with E-state index in [0.717, 1.165) is 10.1 Å². The number of aryl methyl sites for hydroxylation is 1. The molecule has 0 atom stereocenters. The number of sulfonamides is 1. The monoisotopic (exact) mass is 387 g/mol. The van der Waals surface area contributed by atoms with Crippen LogP contribution in [0.5, 0.6) is 0 Å². The third-order valence-corrected chi connectivity index (χ3v) is 6.55. The van der Waals surface area contributed by atoms with Gasteiger partial charge in [-0.1, -0.05) is 37.3 Å². The zero-order valence-electron chi connectivity index (χ0n) is 15.4. The Bertz CT molecular complexity index is 1210. The number of nitrogens with zero attached hydrogens (tertiary/aromatic N) is 3. The van der Waals surface area contributed by atoms with Gasteiger partial charge in [0.25, 0.3) is 5.56 Å². The number of rotatable bonds is 5. The van der Waals surface area contributed by atoms with E-state index in [0.29, 0.717) is 12.1 Å². The molecule has 0 spiro atoms. The Kier molecular flexibility index (Phi) is 5.03. The largest absolute Gasteiger partial charge is 0.330 e. The lowest BCUT2D eigenvalue weighted by molar-refractivity contribution is 0.423. The Hall–Kier alpha value is -2.71. The first kappa shape index (κ1) is 19.1. The van der Waals surface area contributed by atoms with Gasteiger partial charge in [-0.3, -0.25) is 13.9 Å². The number of benzene rings is 2. The molecule has 2 aromatic carbocycles. The summed E-state index contributed by atoms with van der Waals surface area (Å²) in [6.45, 7) is 2.30. The van der Waals surface area contributed by atoms with Gasteiger partial charge in [-0.25, -0.2) is 13.2 Å². The van der Waals surface area contributed by atoms with Gasteiger partial charge in [0, 0.05) is 27.2 Å². The second-order valence-corrected chi connectivity index (χ2v) is 8.24. The van der Waals surface area contributed by atoms with Gasteiger partial charge < -0.3 is 0 Å². The van der Waals surface area contributed by atoms with Crippen molar-refractivity contribution >= 4 is 20.9 Å². The normalized spacial score (nSPS) is 12.0. The fourth-order valence-corrected chi connectivity index (χ4v) is 4.50. The van der Waals surface area contributed by atoms with Crippen molar-refractivity contribution < 1.29 is 8.42 Å². The molecule has 8 heteroatoms. The quantitative estimate of drug-likeness (QED) is 0.664. The first-order valence-electron chi connectivity index (χ1n) is 8.51. The van der Waals surface area contributed by atoms with E-state index < -0.39 is 21.3 Å². The zero-order valence-corrected chi connectivity index (χ0v) is 16.2. The first-order valence-corrected chi connectivity index (χ1v) is 9.95. The summed E-state index contributed by atoms with van der Waals surface area (Å²) in [4.78, 5) is 24.5. The third kappa shape index (κ3) is 3.33. The Morgan fingerprint density at radius 3 is 2.26 bits per heavy atom. The predicted molar refractivity (Wildman–Crippen MR) is 104 cm³/mol. The fraction of sp³-hybridized carbons (Fsp3) is 0.263. The molecule has 0 saturated carbocycles. The van der Waals surface area contributed by atoms with Crippen molar-refractivity contribution in [2.45, 2.75) is 18.4 Å². The van der Waals surface area contributed by atoms with Crippen LogP contribution < -0.4 is 11.2 Å². The molecule has 0 amide bonds. The van der Waals surface area contributed by atoms with Crippen molar-refractivity contribution in [3.05, 3.63) is 74.9 Å². The molecule has 142 valence electrons. The second-order valence-electron chi connectivity index (χ2n) is 6.30. The predicted octanol–water partition coefficient (Wildman–Crippen LogP) is 1.45. The van der Waals surface area contributed by atoms with Crippen LogP contribution >= 0.6 is 0 Å². The minimum atomic E-state index is -3.80. The average molecular weight is 387 g/mol. The maximum Gasteiger partial charge on any atom is 0.330 e. The SMILES string of the molecule is CCN(Cc1ccccc1)S(=O)(=O)c1ccc2c(c1)c(=O)n(C)c(=O)n2C. The molecule has 0 unspecified atom stereocenters. The summed E-state index contributed by atoms with van der Waals surface area (Å²) < 4.78 is 29.9. The molecule has 0 bridgehead atoms. The smallest absolute Gasteiger partial charge is 0.296 e. The Morgan fingerprint density at radius 1 is 0.963 bits per heavy atom. The van der Waals surface area contributed by atoms with Crippen LogP contribution in [0.15, 0.2) is 63.0 Å². The molecule has 0 aliphatic rings. The standard InChI is InChI=1S/C19H21N3O4S/c1-4-22(13-14-8-6-5-7-9-14)27(25,26)15-10-11-17-16(12-15)18(23)21(3)19(24)20(17)2/h5-12H,4,13H2,1-3H3. The van der Waals surface area contributed by atoms with Crippen LogP contribution in [0.4, 0.5) is 0 Å². The van der Waals surface area contributed by atoms with Gasteiger partial charge in [0.05, 0.1) is 15.8 Å². The summed E-state index contributed by atoms with van der Waals surface area (Å²) in [5.74, 6) is 0.